The van der Waals surface area contributed by atoms with Crippen LogP contribution in [0.2, 0.25) is 0 Å². The lowest BCUT2D eigenvalue weighted by Crippen LogP contribution is -2.14. The van der Waals surface area contributed by atoms with Crippen LogP contribution in [0.15, 0.2) is 36.4 Å². The van der Waals surface area contributed by atoms with Crippen LogP contribution in [0.4, 0.5) is 5.69 Å². The number of hydrogen-bond acceptors (Lipinski definition) is 5. The number of nitrogens with one attached hydrogen (secondary N) is 1. The lowest BCUT2D eigenvalue weighted by molar-refractivity contribution is 0.102. The number of aromatic hydroxyl groups is 2. The fourth-order valence-corrected chi connectivity index (χ4v) is 1.86. The van der Waals surface area contributed by atoms with E-state index < -0.39 is 5.91 Å². The van der Waals surface area contributed by atoms with Crippen molar-refractivity contribution in [3.8, 4) is 23.3 Å². The zero-order valence-corrected chi connectivity index (χ0v) is 11.1. The summed E-state index contributed by atoms with van der Waals surface area (Å²) in [6.07, 6.45) is 0. The molecule has 2 rings (SSSR count). The highest BCUT2D eigenvalue weighted by atomic mass is 16.5. The van der Waals surface area contributed by atoms with E-state index in [4.69, 9.17) is 10.00 Å². The summed E-state index contributed by atoms with van der Waals surface area (Å²) >= 11 is 0. The molecule has 6 heteroatoms. The summed E-state index contributed by atoms with van der Waals surface area (Å²) in [6, 6.07) is 10.6. The summed E-state index contributed by atoms with van der Waals surface area (Å²) in [5.74, 6) is -1.16. The number of amides is 1. The predicted molar refractivity (Wildman–Crippen MR) is 75.4 cm³/mol. The van der Waals surface area contributed by atoms with Crippen molar-refractivity contribution in [2.45, 2.75) is 0 Å². The van der Waals surface area contributed by atoms with Crippen molar-refractivity contribution in [3.05, 3.63) is 47.5 Å². The van der Waals surface area contributed by atoms with Crippen LogP contribution in [0.3, 0.4) is 0 Å². The van der Waals surface area contributed by atoms with Crippen LogP contribution in [-0.4, -0.2) is 23.2 Å². The van der Waals surface area contributed by atoms with Gasteiger partial charge in [-0.1, -0.05) is 12.1 Å². The Labute approximate surface area is 120 Å². The molecule has 0 unspecified atom stereocenters. The minimum Gasteiger partial charge on any atom is -0.507 e. The van der Waals surface area contributed by atoms with Crippen molar-refractivity contribution >= 4 is 11.6 Å². The number of para-hydroxylation sites is 1. The molecule has 106 valence electrons. The summed E-state index contributed by atoms with van der Waals surface area (Å²) < 4.78 is 5.09. The smallest absolute Gasteiger partial charge is 0.263 e. The number of methoxy groups -OCH3 is 1. The SMILES string of the molecule is COc1cccc(C#N)c1NC(=O)c1c(O)cccc1O. The largest absolute Gasteiger partial charge is 0.507 e. The van der Waals surface area contributed by atoms with Crippen molar-refractivity contribution in [1.82, 2.24) is 0 Å². The maximum Gasteiger partial charge on any atom is 0.263 e. The molecule has 0 aliphatic rings. The molecule has 0 fully saturated rings. The summed E-state index contributed by atoms with van der Waals surface area (Å²) in [4.78, 5) is 12.2. The van der Waals surface area contributed by atoms with Gasteiger partial charge in [0.1, 0.15) is 34.6 Å². The van der Waals surface area contributed by atoms with E-state index in [-0.39, 0.29) is 28.3 Å². The Morgan fingerprint density at radius 2 is 1.81 bits per heavy atom. The van der Waals surface area contributed by atoms with E-state index in [9.17, 15) is 15.0 Å². The number of nitriles is 1. The van der Waals surface area contributed by atoms with Crippen molar-refractivity contribution in [1.29, 1.82) is 5.26 Å². The quantitative estimate of drug-likeness (QED) is 0.802. The highest BCUT2D eigenvalue weighted by Gasteiger charge is 2.19. The third-order valence-corrected chi connectivity index (χ3v) is 2.85. The van der Waals surface area contributed by atoms with Gasteiger partial charge in [0.05, 0.1) is 12.7 Å². The van der Waals surface area contributed by atoms with Crippen LogP contribution >= 0.6 is 0 Å². The van der Waals surface area contributed by atoms with Gasteiger partial charge in [0.15, 0.2) is 0 Å². The minimum atomic E-state index is -0.744. The van der Waals surface area contributed by atoms with E-state index in [2.05, 4.69) is 5.32 Å². The maximum absolute atomic E-state index is 12.2. The molecule has 6 nitrogen and oxygen atoms in total. The fraction of sp³-hybridized carbons (Fsp3) is 0.0667. The molecular formula is C15H12N2O4. The van der Waals surface area contributed by atoms with Crippen molar-refractivity contribution < 1.29 is 19.7 Å². The van der Waals surface area contributed by atoms with Crippen molar-refractivity contribution in [2.24, 2.45) is 0 Å². The van der Waals surface area contributed by atoms with Crippen LogP contribution in [0.5, 0.6) is 17.2 Å². The number of phenolic OH excluding ortho intramolecular Hbond substituents is 2. The molecule has 2 aromatic carbocycles. The lowest BCUT2D eigenvalue weighted by Gasteiger charge is -2.12. The molecule has 0 radical (unpaired) electrons. The summed E-state index contributed by atoms with van der Waals surface area (Å²) in [7, 11) is 1.41. The molecule has 0 spiro atoms. The molecule has 0 aliphatic carbocycles. The monoisotopic (exact) mass is 284 g/mol. The number of rotatable bonds is 3. The predicted octanol–water partition coefficient (Wildman–Crippen LogP) is 2.23. The Hall–Kier alpha value is -3.20. The zero-order valence-electron chi connectivity index (χ0n) is 11.1. The average Bonchev–Trinajstić information content (AvgIpc) is 2.47. The van der Waals surface area contributed by atoms with Gasteiger partial charge >= 0.3 is 0 Å². The van der Waals surface area contributed by atoms with E-state index in [1.54, 1.807) is 12.1 Å². The Bertz CT molecular complexity index is 715. The number of ether oxygens (including phenoxy) is 1. The molecular weight excluding hydrogens is 272 g/mol. The summed E-state index contributed by atoms with van der Waals surface area (Å²) in [5.41, 5.74) is 0.111. The maximum atomic E-state index is 12.2. The minimum absolute atomic E-state index is 0.176. The van der Waals surface area contributed by atoms with E-state index in [0.29, 0.717) is 5.75 Å². The van der Waals surface area contributed by atoms with Gasteiger partial charge in [0.25, 0.3) is 5.91 Å². The van der Waals surface area contributed by atoms with Crippen molar-refractivity contribution in [3.63, 3.8) is 0 Å². The van der Waals surface area contributed by atoms with Crippen molar-refractivity contribution in [2.75, 3.05) is 12.4 Å². The molecule has 1 amide bonds. The Balaban J connectivity index is 2.44. The third-order valence-electron chi connectivity index (χ3n) is 2.85. The number of phenols is 2. The summed E-state index contributed by atoms with van der Waals surface area (Å²) in [5, 5.41) is 30.9. The first-order valence-corrected chi connectivity index (χ1v) is 5.98. The molecule has 0 atom stereocenters. The van der Waals surface area contributed by atoms with Gasteiger partial charge in [0, 0.05) is 0 Å². The van der Waals surface area contributed by atoms with Crippen LogP contribution in [0.1, 0.15) is 15.9 Å². The van der Waals surface area contributed by atoms with Gasteiger partial charge in [-0.25, -0.2) is 0 Å². The molecule has 0 saturated carbocycles. The highest BCUT2D eigenvalue weighted by Crippen LogP contribution is 2.31. The third kappa shape index (κ3) is 2.72. The second-order valence-corrected chi connectivity index (χ2v) is 4.12. The number of carbonyl (C=O) groups is 1. The van der Waals surface area contributed by atoms with Crippen LogP contribution < -0.4 is 10.1 Å². The van der Waals surface area contributed by atoms with Crippen LogP contribution in [-0.2, 0) is 0 Å². The lowest BCUT2D eigenvalue weighted by atomic mass is 10.1. The number of carbonyl (C=O) groups excluding carboxylic acids is 1. The highest BCUT2D eigenvalue weighted by molar-refractivity contribution is 6.09. The van der Waals surface area contributed by atoms with Crippen LogP contribution in [0, 0.1) is 11.3 Å². The first-order chi connectivity index (χ1) is 10.1. The molecule has 0 heterocycles. The fourth-order valence-electron chi connectivity index (χ4n) is 1.86. The summed E-state index contributed by atoms with van der Waals surface area (Å²) in [6.45, 7) is 0. The normalized spacial score (nSPS) is 9.71. The standard InChI is InChI=1S/C15H12N2O4/c1-21-12-7-2-4-9(8-16)14(12)17-15(20)13-10(18)5-3-6-11(13)19/h2-7,18-19H,1H3,(H,17,20). The zero-order chi connectivity index (χ0) is 15.4. The first-order valence-electron chi connectivity index (χ1n) is 5.98. The second-order valence-electron chi connectivity index (χ2n) is 4.12. The van der Waals surface area contributed by atoms with Gasteiger partial charge < -0.3 is 20.3 Å². The molecule has 2 aromatic rings. The first kappa shape index (κ1) is 14.2. The molecule has 0 bridgehead atoms. The van der Waals surface area contributed by atoms with E-state index >= 15 is 0 Å². The second kappa shape index (κ2) is 5.84. The Morgan fingerprint density at radius 1 is 1.19 bits per heavy atom. The van der Waals surface area contributed by atoms with Gasteiger partial charge in [0.2, 0.25) is 0 Å². The van der Waals surface area contributed by atoms with Gasteiger partial charge in [-0.05, 0) is 24.3 Å². The molecule has 3 N–H and O–H groups in total. The molecule has 0 aromatic heterocycles. The van der Waals surface area contributed by atoms with Gasteiger partial charge in [-0.3, -0.25) is 4.79 Å². The Kier molecular flexibility index (Phi) is 3.95. The van der Waals surface area contributed by atoms with E-state index in [1.165, 1.54) is 31.4 Å². The molecule has 0 saturated heterocycles. The van der Waals surface area contributed by atoms with Crippen LogP contribution in [0.25, 0.3) is 0 Å². The number of hydrogen-bond donors (Lipinski definition) is 3. The van der Waals surface area contributed by atoms with E-state index in [0.717, 1.165) is 0 Å². The number of nitrogens with zero attached hydrogens (tertiary/aromatic N) is 1. The molecule has 21 heavy (non-hydrogen) atoms. The average molecular weight is 284 g/mol. The number of anilines is 1. The van der Waals surface area contributed by atoms with E-state index in [1.807, 2.05) is 6.07 Å². The topological polar surface area (TPSA) is 103 Å². The van der Waals surface area contributed by atoms with Gasteiger partial charge in [-0.15, -0.1) is 0 Å². The molecule has 0 aliphatic heterocycles. The Morgan fingerprint density at radius 3 is 2.38 bits per heavy atom. The number of benzene rings is 2. The van der Waals surface area contributed by atoms with Gasteiger partial charge in [-0.2, -0.15) is 5.26 Å².